The zero-order chi connectivity index (χ0) is 10.1. The molecule has 7 heteroatoms. The molecule has 1 radical (unpaired) electrons. The third-order valence-corrected chi connectivity index (χ3v) is 3.43. The van der Waals surface area contributed by atoms with E-state index in [0.717, 1.165) is 0 Å². The monoisotopic (exact) mass is 216 g/mol. The molecule has 1 saturated heterocycles. The molecule has 77 valence electrons. The van der Waals surface area contributed by atoms with Crippen molar-refractivity contribution in [1.29, 1.82) is 0 Å². The van der Waals surface area contributed by atoms with Crippen LogP contribution in [-0.2, 0) is 10.0 Å². The van der Waals surface area contributed by atoms with Gasteiger partial charge in [-0.2, -0.15) is 17.5 Å². The predicted molar refractivity (Wildman–Crippen MR) is 40.1 cm³/mol. The first-order chi connectivity index (χ1) is 5.86. The van der Waals surface area contributed by atoms with Gasteiger partial charge in [0.1, 0.15) is 0 Å². The first-order valence-electron chi connectivity index (χ1n) is 3.74. The second-order valence-electron chi connectivity index (χ2n) is 2.72. The van der Waals surface area contributed by atoms with E-state index in [-0.39, 0.29) is 13.1 Å². The number of sulfonamides is 1. The van der Waals surface area contributed by atoms with Gasteiger partial charge in [0.05, 0.1) is 0 Å². The van der Waals surface area contributed by atoms with E-state index in [0.29, 0.717) is 17.1 Å². The lowest BCUT2D eigenvalue weighted by Crippen LogP contribution is -2.43. The summed E-state index contributed by atoms with van der Waals surface area (Å²) in [5.41, 5.74) is -5.16. The molecule has 0 aromatic heterocycles. The average Bonchev–Trinajstić information content (AvgIpc) is 2.04. The van der Waals surface area contributed by atoms with Gasteiger partial charge in [-0.15, -0.1) is 0 Å². The van der Waals surface area contributed by atoms with Crippen molar-refractivity contribution in [2.75, 3.05) is 13.1 Å². The van der Waals surface area contributed by atoms with Crippen LogP contribution in [0.25, 0.3) is 0 Å². The molecule has 0 atom stereocenters. The van der Waals surface area contributed by atoms with Crippen molar-refractivity contribution in [2.45, 2.75) is 18.3 Å². The average molecular weight is 216 g/mol. The summed E-state index contributed by atoms with van der Waals surface area (Å²) in [6, 6.07) is 0. The van der Waals surface area contributed by atoms with Crippen LogP contribution in [0, 0.1) is 6.42 Å². The number of alkyl halides is 3. The van der Waals surface area contributed by atoms with Gasteiger partial charge in [0.25, 0.3) is 0 Å². The zero-order valence-corrected chi connectivity index (χ0v) is 7.53. The Hall–Kier alpha value is -0.300. The Balaban J connectivity index is 2.80. The fraction of sp³-hybridized carbons (Fsp3) is 0.833. The van der Waals surface area contributed by atoms with E-state index in [1.54, 1.807) is 6.42 Å². The quantitative estimate of drug-likeness (QED) is 0.659. The lowest BCUT2D eigenvalue weighted by Gasteiger charge is -2.26. The van der Waals surface area contributed by atoms with E-state index in [9.17, 15) is 21.6 Å². The summed E-state index contributed by atoms with van der Waals surface area (Å²) >= 11 is 0. The van der Waals surface area contributed by atoms with E-state index < -0.39 is 15.5 Å². The molecule has 13 heavy (non-hydrogen) atoms. The molecule has 0 bridgehead atoms. The Bertz CT molecular complexity index is 266. The van der Waals surface area contributed by atoms with Gasteiger partial charge >= 0.3 is 15.5 Å². The number of hydrogen-bond acceptors (Lipinski definition) is 2. The minimum absolute atomic E-state index is 0.0676. The summed E-state index contributed by atoms with van der Waals surface area (Å²) < 4.78 is 58.0. The molecule has 0 aromatic rings. The Morgan fingerprint density at radius 2 is 1.62 bits per heavy atom. The Morgan fingerprint density at radius 1 is 1.15 bits per heavy atom. The third-order valence-electron chi connectivity index (χ3n) is 1.80. The fourth-order valence-corrected chi connectivity index (χ4v) is 2.10. The molecule has 0 unspecified atom stereocenters. The maximum Gasteiger partial charge on any atom is 0.511 e. The molecule has 0 N–H and O–H groups in total. The smallest absolute Gasteiger partial charge is 0.203 e. The highest BCUT2D eigenvalue weighted by Gasteiger charge is 2.49. The molecule has 0 saturated carbocycles. The van der Waals surface area contributed by atoms with Crippen molar-refractivity contribution in [3.05, 3.63) is 6.42 Å². The van der Waals surface area contributed by atoms with E-state index in [2.05, 4.69) is 0 Å². The Morgan fingerprint density at radius 3 is 2.00 bits per heavy atom. The van der Waals surface area contributed by atoms with Crippen LogP contribution in [0.3, 0.4) is 0 Å². The van der Waals surface area contributed by atoms with Crippen molar-refractivity contribution in [3.8, 4) is 0 Å². The largest absolute Gasteiger partial charge is 0.511 e. The molecule has 1 aliphatic heterocycles. The van der Waals surface area contributed by atoms with Gasteiger partial charge < -0.3 is 0 Å². The molecular formula is C6H9F3NO2S. The van der Waals surface area contributed by atoms with Crippen molar-refractivity contribution < 1.29 is 21.6 Å². The minimum Gasteiger partial charge on any atom is -0.203 e. The molecule has 0 aromatic carbocycles. The topological polar surface area (TPSA) is 37.4 Å². The van der Waals surface area contributed by atoms with Crippen molar-refractivity contribution in [3.63, 3.8) is 0 Å². The molecule has 3 nitrogen and oxygen atoms in total. The van der Waals surface area contributed by atoms with Gasteiger partial charge in [0.2, 0.25) is 0 Å². The molecule has 1 heterocycles. The van der Waals surface area contributed by atoms with Crippen LogP contribution >= 0.6 is 0 Å². The summed E-state index contributed by atoms with van der Waals surface area (Å²) in [6.45, 7) is -0.135. The molecule has 1 fully saturated rings. The summed E-state index contributed by atoms with van der Waals surface area (Å²) in [6.07, 6.45) is 2.55. The van der Waals surface area contributed by atoms with Crippen molar-refractivity contribution in [2.24, 2.45) is 0 Å². The summed E-state index contributed by atoms with van der Waals surface area (Å²) in [4.78, 5) is 0. The van der Waals surface area contributed by atoms with E-state index in [4.69, 9.17) is 0 Å². The van der Waals surface area contributed by atoms with Crippen LogP contribution in [0.15, 0.2) is 0 Å². The van der Waals surface area contributed by atoms with Crippen LogP contribution in [0.4, 0.5) is 13.2 Å². The number of nitrogens with zero attached hydrogens (tertiary/aromatic N) is 1. The van der Waals surface area contributed by atoms with Gasteiger partial charge in [-0.05, 0) is 19.3 Å². The van der Waals surface area contributed by atoms with Crippen molar-refractivity contribution >= 4 is 10.0 Å². The highest BCUT2D eigenvalue weighted by Crippen LogP contribution is 2.28. The fourth-order valence-electron chi connectivity index (χ4n) is 1.11. The highest BCUT2D eigenvalue weighted by atomic mass is 32.2. The first kappa shape index (κ1) is 10.8. The first-order valence-corrected chi connectivity index (χ1v) is 5.18. The summed E-state index contributed by atoms with van der Waals surface area (Å²) in [5.74, 6) is 0. The van der Waals surface area contributed by atoms with Crippen LogP contribution < -0.4 is 0 Å². The molecular weight excluding hydrogens is 207 g/mol. The van der Waals surface area contributed by atoms with Crippen LogP contribution in [-0.4, -0.2) is 31.3 Å². The molecule has 1 aliphatic rings. The maximum absolute atomic E-state index is 12.0. The second-order valence-corrected chi connectivity index (χ2v) is 4.65. The van der Waals surface area contributed by atoms with Gasteiger partial charge in [-0.25, -0.2) is 8.42 Å². The Kier molecular flexibility index (Phi) is 2.86. The van der Waals surface area contributed by atoms with Gasteiger partial charge in [-0.1, -0.05) is 0 Å². The number of halogens is 3. The highest BCUT2D eigenvalue weighted by molar-refractivity contribution is 7.90. The van der Waals surface area contributed by atoms with Crippen LogP contribution in [0.1, 0.15) is 12.8 Å². The summed E-state index contributed by atoms with van der Waals surface area (Å²) in [7, 11) is -5.09. The van der Waals surface area contributed by atoms with Gasteiger partial charge in [-0.3, -0.25) is 0 Å². The number of piperidine rings is 1. The minimum atomic E-state index is -5.16. The van der Waals surface area contributed by atoms with E-state index in [1.165, 1.54) is 0 Å². The van der Waals surface area contributed by atoms with Crippen LogP contribution in [0.2, 0.25) is 0 Å². The molecule has 0 amide bonds. The lowest BCUT2D eigenvalue weighted by molar-refractivity contribution is -0.0491. The predicted octanol–water partition coefficient (Wildman–Crippen LogP) is 1.14. The maximum atomic E-state index is 12.0. The van der Waals surface area contributed by atoms with Gasteiger partial charge in [0, 0.05) is 13.1 Å². The summed E-state index contributed by atoms with van der Waals surface area (Å²) in [5, 5.41) is 0. The van der Waals surface area contributed by atoms with Crippen molar-refractivity contribution in [1.82, 2.24) is 4.31 Å². The number of rotatable bonds is 1. The molecule has 0 spiro atoms. The number of hydrogen-bond donors (Lipinski definition) is 0. The van der Waals surface area contributed by atoms with E-state index in [1.807, 2.05) is 0 Å². The lowest BCUT2D eigenvalue weighted by atomic mass is 10.2. The Labute approximate surface area is 74.6 Å². The third kappa shape index (κ3) is 2.14. The zero-order valence-electron chi connectivity index (χ0n) is 6.71. The normalized spacial score (nSPS) is 21.8. The standard InChI is InChI=1S/C6H9F3NO2S/c7-6(8,9)13(11,12)10-4-2-1-3-5-10/h1H,2-5H2. The van der Waals surface area contributed by atoms with Gasteiger partial charge in [0.15, 0.2) is 0 Å². The van der Waals surface area contributed by atoms with Crippen LogP contribution in [0.5, 0.6) is 0 Å². The molecule has 0 aliphatic carbocycles. The van der Waals surface area contributed by atoms with E-state index >= 15 is 0 Å². The SMILES string of the molecule is O=S(=O)(N1CC[CH]CC1)C(F)(F)F. The molecule has 1 rings (SSSR count). The second kappa shape index (κ2) is 3.45.